The minimum atomic E-state index is -0.156. The zero-order chi connectivity index (χ0) is 21.5. The molecule has 3 rings (SSSR count). The van der Waals surface area contributed by atoms with Crippen LogP contribution in [-0.4, -0.2) is 44.9 Å². The zero-order valence-corrected chi connectivity index (χ0v) is 18.9. The van der Waals surface area contributed by atoms with Gasteiger partial charge in [0.2, 0.25) is 5.91 Å². The molecule has 0 bridgehead atoms. The molecule has 1 aliphatic rings. The van der Waals surface area contributed by atoms with E-state index >= 15 is 0 Å². The number of hydrogen-bond acceptors (Lipinski definition) is 5. The van der Waals surface area contributed by atoms with E-state index in [4.69, 9.17) is 11.6 Å². The van der Waals surface area contributed by atoms with Gasteiger partial charge in [-0.15, -0.1) is 10.2 Å². The van der Waals surface area contributed by atoms with Crippen molar-refractivity contribution >= 4 is 35.2 Å². The maximum Gasteiger partial charge on any atom is 0.251 e. The van der Waals surface area contributed by atoms with Crippen LogP contribution in [0.15, 0.2) is 29.4 Å². The van der Waals surface area contributed by atoms with Crippen LogP contribution < -0.4 is 10.6 Å². The summed E-state index contributed by atoms with van der Waals surface area (Å²) in [6.07, 6.45) is 5.23. The highest BCUT2D eigenvalue weighted by atomic mass is 35.5. The van der Waals surface area contributed by atoms with Crippen LogP contribution in [0.4, 0.5) is 0 Å². The van der Waals surface area contributed by atoms with E-state index in [1.807, 2.05) is 11.6 Å². The second kappa shape index (κ2) is 10.8. The number of amides is 2. The number of rotatable bonds is 8. The highest BCUT2D eigenvalue weighted by molar-refractivity contribution is 7.99. The van der Waals surface area contributed by atoms with E-state index in [1.165, 1.54) is 31.0 Å². The van der Waals surface area contributed by atoms with Crippen LogP contribution in [0.25, 0.3) is 0 Å². The Labute approximate surface area is 186 Å². The molecular formula is C21H28ClN5O2S. The van der Waals surface area contributed by atoms with Crippen LogP contribution in [-0.2, 0) is 18.3 Å². The molecule has 2 atom stereocenters. The fourth-order valence-corrected chi connectivity index (χ4v) is 4.46. The molecular weight excluding hydrogens is 422 g/mol. The van der Waals surface area contributed by atoms with Gasteiger partial charge < -0.3 is 15.2 Å². The van der Waals surface area contributed by atoms with Gasteiger partial charge in [0.25, 0.3) is 5.91 Å². The summed E-state index contributed by atoms with van der Waals surface area (Å²) < 4.78 is 1.87. The van der Waals surface area contributed by atoms with Gasteiger partial charge in [0.1, 0.15) is 5.82 Å². The van der Waals surface area contributed by atoms with Gasteiger partial charge >= 0.3 is 0 Å². The molecule has 0 unspecified atom stereocenters. The molecule has 1 fully saturated rings. The molecule has 1 heterocycles. The Hall–Kier alpha value is -2.06. The van der Waals surface area contributed by atoms with Crippen molar-refractivity contribution in [2.75, 3.05) is 12.3 Å². The third-order valence-electron chi connectivity index (χ3n) is 5.46. The first-order valence-electron chi connectivity index (χ1n) is 10.3. The maximum atomic E-state index is 12.3. The highest BCUT2D eigenvalue weighted by Gasteiger charge is 2.23. The van der Waals surface area contributed by atoms with E-state index in [0.29, 0.717) is 40.4 Å². The van der Waals surface area contributed by atoms with E-state index in [0.717, 1.165) is 12.2 Å². The van der Waals surface area contributed by atoms with E-state index in [9.17, 15) is 9.59 Å². The van der Waals surface area contributed by atoms with Gasteiger partial charge in [-0.1, -0.05) is 43.1 Å². The molecule has 9 heteroatoms. The second-order valence-corrected chi connectivity index (χ2v) is 9.07. The third kappa shape index (κ3) is 6.22. The van der Waals surface area contributed by atoms with Gasteiger partial charge in [-0.05, 0) is 43.0 Å². The van der Waals surface area contributed by atoms with Crippen molar-refractivity contribution in [2.24, 2.45) is 13.0 Å². The molecule has 1 aromatic carbocycles. The maximum absolute atomic E-state index is 12.3. The first kappa shape index (κ1) is 22.6. The first-order chi connectivity index (χ1) is 14.4. The van der Waals surface area contributed by atoms with Gasteiger partial charge in [-0.2, -0.15) is 0 Å². The molecule has 2 amide bonds. The Kier molecular flexibility index (Phi) is 8.16. The summed E-state index contributed by atoms with van der Waals surface area (Å²) in [6.45, 7) is 2.65. The Bertz CT molecular complexity index is 871. The molecule has 7 nitrogen and oxygen atoms in total. The average molecular weight is 450 g/mol. The highest BCUT2D eigenvalue weighted by Crippen LogP contribution is 2.24. The van der Waals surface area contributed by atoms with Crippen LogP contribution in [0.1, 0.15) is 48.8 Å². The fraction of sp³-hybridized carbons (Fsp3) is 0.524. The van der Waals surface area contributed by atoms with Gasteiger partial charge in [-0.25, -0.2) is 0 Å². The summed E-state index contributed by atoms with van der Waals surface area (Å²) in [4.78, 5) is 24.5. The van der Waals surface area contributed by atoms with Crippen molar-refractivity contribution in [3.05, 3.63) is 40.7 Å². The Morgan fingerprint density at radius 1 is 1.20 bits per heavy atom. The minimum absolute atomic E-state index is 0.0403. The Morgan fingerprint density at radius 2 is 1.93 bits per heavy atom. The molecule has 2 aromatic rings. The molecule has 0 saturated heterocycles. The standard InChI is InChI=1S/C21H28ClN5O2S/c1-14-5-3-4-6-17(14)24-19(28)13-30-21-26-25-18(27(21)2)11-12-23-20(29)15-7-9-16(22)10-8-15/h7-10,14,17H,3-6,11-13H2,1-2H3,(H,23,29)(H,24,28)/t14-,17+/m1/s1. The second-order valence-electron chi connectivity index (χ2n) is 7.70. The summed E-state index contributed by atoms with van der Waals surface area (Å²) in [5.74, 6) is 1.51. The lowest BCUT2D eigenvalue weighted by Crippen LogP contribution is -2.41. The molecule has 2 N–H and O–H groups in total. The van der Waals surface area contributed by atoms with Gasteiger partial charge in [0.05, 0.1) is 5.75 Å². The number of halogens is 1. The summed E-state index contributed by atoms with van der Waals surface area (Å²) in [5.41, 5.74) is 0.562. The quantitative estimate of drug-likeness (QED) is 0.604. The lowest BCUT2D eigenvalue weighted by molar-refractivity contribution is -0.119. The molecule has 30 heavy (non-hydrogen) atoms. The summed E-state index contributed by atoms with van der Waals surface area (Å²) >= 11 is 7.23. The van der Waals surface area contributed by atoms with E-state index < -0.39 is 0 Å². The van der Waals surface area contributed by atoms with Crippen molar-refractivity contribution in [2.45, 2.75) is 50.2 Å². The van der Waals surface area contributed by atoms with Crippen LogP contribution in [0, 0.1) is 5.92 Å². The number of carbonyl (C=O) groups is 2. The number of nitrogens with zero attached hydrogens (tertiary/aromatic N) is 3. The van der Waals surface area contributed by atoms with Crippen LogP contribution in [0.3, 0.4) is 0 Å². The topological polar surface area (TPSA) is 88.9 Å². The lowest BCUT2D eigenvalue weighted by atomic mass is 9.86. The van der Waals surface area contributed by atoms with E-state index in [1.54, 1.807) is 24.3 Å². The number of carbonyl (C=O) groups excluding carboxylic acids is 2. The Morgan fingerprint density at radius 3 is 2.67 bits per heavy atom. The normalized spacial score (nSPS) is 18.8. The van der Waals surface area contributed by atoms with Crippen molar-refractivity contribution in [1.29, 1.82) is 0 Å². The Balaban J connectivity index is 1.43. The number of hydrogen-bond donors (Lipinski definition) is 2. The molecule has 0 radical (unpaired) electrons. The summed E-state index contributed by atoms with van der Waals surface area (Å²) in [7, 11) is 1.87. The van der Waals surface area contributed by atoms with Crippen molar-refractivity contribution < 1.29 is 9.59 Å². The van der Waals surface area contributed by atoms with Gasteiger partial charge in [0.15, 0.2) is 5.16 Å². The zero-order valence-electron chi connectivity index (χ0n) is 17.4. The molecule has 1 aromatic heterocycles. The van der Waals surface area contributed by atoms with Crippen molar-refractivity contribution in [1.82, 2.24) is 25.4 Å². The van der Waals surface area contributed by atoms with Crippen LogP contribution in [0.2, 0.25) is 5.02 Å². The monoisotopic (exact) mass is 449 g/mol. The summed E-state index contributed by atoms with van der Waals surface area (Å²) in [5, 5.41) is 15.7. The summed E-state index contributed by atoms with van der Waals surface area (Å²) in [6, 6.07) is 7.04. The number of nitrogens with one attached hydrogen (secondary N) is 2. The van der Waals surface area contributed by atoms with Crippen molar-refractivity contribution in [3.8, 4) is 0 Å². The average Bonchev–Trinajstić information content (AvgIpc) is 3.08. The lowest BCUT2D eigenvalue weighted by Gasteiger charge is -2.29. The third-order valence-corrected chi connectivity index (χ3v) is 6.73. The van der Waals surface area contributed by atoms with Crippen LogP contribution >= 0.6 is 23.4 Å². The van der Waals surface area contributed by atoms with E-state index in [-0.39, 0.29) is 17.9 Å². The SMILES string of the molecule is C[C@@H]1CCCC[C@@H]1NC(=O)CSc1nnc(CCNC(=O)c2ccc(Cl)cc2)n1C. The van der Waals surface area contributed by atoms with Gasteiger partial charge in [-0.3, -0.25) is 9.59 Å². The number of aromatic nitrogens is 3. The predicted molar refractivity (Wildman–Crippen MR) is 119 cm³/mol. The molecule has 162 valence electrons. The number of benzene rings is 1. The smallest absolute Gasteiger partial charge is 0.251 e. The number of thioether (sulfide) groups is 1. The van der Waals surface area contributed by atoms with Crippen molar-refractivity contribution in [3.63, 3.8) is 0 Å². The molecule has 0 spiro atoms. The van der Waals surface area contributed by atoms with Gasteiger partial charge in [0, 0.05) is 36.6 Å². The fourth-order valence-electron chi connectivity index (χ4n) is 3.59. The molecule has 0 aliphatic heterocycles. The van der Waals surface area contributed by atoms with Crippen LogP contribution in [0.5, 0.6) is 0 Å². The van der Waals surface area contributed by atoms with E-state index in [2.05, 4.69) is 27.8 Å². The predicted octanol–water partition coefficient (Wildman–Crippen LogP) is 3.23. The molecule has 1 aliphatic carbocycles. The molecule has 1 saturated carbocycles. The first-order valence-corrected chi connectivity index (χ1v) is 11.6. The largest absolute Gasteiger partial charge is 0.352 e. The minimum Gasteiger partial charge on any atom is -0.352 e.